The Balaban J connectivity index is 4.25. The predicted octanol–water partition coefficient (Wildman–Crippen LogP) is 1.18. The molecular formula is C4H6O6P2. The van der Waals surface area contributed by atoms with Gasteiger partial charge in [-0.3, -0.25) is 4.79 Å². The van der Waals surface area contributed by atoms with Gasteiger partial charge < -0.3 is 5.11 Å². The van der Waals surface area contributed by atoms with Crippen LogP contribution in [0.3, 0.4) is 0 Å². The fraction of sp³-hybridized carbons (Fsp3) is 0.750. The number of hydrogen-bond acceptors (Lipinski definition) is 5. The lowest BCUT2D eigenvalue weighted by Crippen LogP contribution is -2.14. The van der Waals surface area contributed by atoms with Gasteiger partial charge in [0.15, 0.2) is 5.66 Å². The van der Waals surface area contributed by atoms with E-state index in [4.69, 9.17) is 5.11 Å². The van der Waals surface area contributed by atoms with Crippen LogP contribution in [0.5, 0.6) is 0 Å². The van der Waals surface area contributed by atoms with Gasteiger partial charge >= 0.3 is 21.3 Å². The van der Waals surface area contributed by atoms with Gasteiger partial charge in [0.1, 0.15) is 0 Å². The number of carboxylic acids is 1. The molecule has 6 nitrogen and oxygen atoms in total. The van der Waals surface area contributed by atoms with E-state index >= 15 is 0 Å². The monoisotopic (exact) mass is 212 g/mol. The van der Waals surface area contributed by atoms with Gasteiger partial charge in [-0.05, 0) is 6.42 Å². The van der Waals surface area contributed by atoms with E-state index in [1.807, 2.05) is 0 Å². The van der Waals surface area contributed by atoms with Gasteiger partial charge in [0.05, 0.1) is 6.16 Å². The molecule has 0 aromatic rings. The minimum Gasteiger partial charge on any atom is -0.480 e. The highest BCUT2D eigenvalue weighted by atomic mass is 31.1. The van der Waals surface area contributed by atoms with Crippen molar-refractivity contribution in [3.8, 4) is 0 Å². The summed E-state index contributed by atoms with van der Waals surface area (Å²) in [7, 11) is -5.81. The zero-order chi connectivity index (χ0) is 9.72. The van der Waals surface area contributed by atoms with E-state index in [9.17, 15) is 23.1 Å². The van der Waals surface area contributed by atoms with E-state index in [1.54, 1.807) is 0 Å². The van der Waals surface area contributed by atoms with Crippen molar-refractivity contribution in [2.24, 2.45) is 0 Å². The molecule has 0 aromatic heterocycles. The van der Waals surface area contributed by atoms with Crippen LogP contribution >= 0.6 is 15.4 Å². The minimum absolute atomic E-state index is 0.382. The van der Waals surface area contributed by atoms with Crippen molar-refractivity contribution in [2.45, 2.75) is 12.1 Å². The van der Waals surface area contributed by atoms with Crippen molar-refractivity contribution in [3.05, 3.63) is 0 Å². The van der Waals surface area contributed by atoms with Crippen molar-refractivity contribution in [1.29, 1.82) is 0 Å². The molecule has 1 N–H and O–H groups in total. The Kier molecular flexibility index (Phi) is 4.71. The Morgan fingerprint density at radius 3 is 2.00 bits per heavy atom. The molecule has 0 saturated heterocycles. The van der Waals surface area contributed by atoms with Crippen LogP contribution in [0.4, 0.5) is 0 Å². The van der Waals surface area contributed by atoms with E-state index in [2.05, 4.69) is 0 Å². The smallest absolute Gasteiger partial charge is 0.330 e. The predicted molar refractivity (Wildman–Crippen MR) is 37.5 cm³/mol. The molecule has 0 rings (SSSR count). The second kappa shape index (κ2) is 5.01. The molecule has 0 radical (unpaired) electrons. The highest BCUT2D eigenvalue weighted by molar-refractivity contribution is 7.33. The molecule has 0 spiro atoms. The third-order valence-corrected chi connectivity index (χ3v) is 2.74. The van der Waals surface area contributed by atoms with Crippen molar-refractivity contribution in [3.63, 3.8) is 0 Å². The maximum absolute atomic E-state index is 10.2. The van der Waals surface area contributed by atoms with Crippen LogP contribution in [-0.4, -0.2) is 22.9 Å². The third kappa shape index (κ3) is 4.21. The zero-order valence-electron chi connectivity index (χ0n) is 5.87. The largest absolute Gasteiger partial charge is 0.480 e. The van der Waals surface area contributed by atoms with Gasteiger partial charge in [-0.25, -0.2) is 18.3 Å². The first-order chi connectivity index (χ1) is 5.45. The average molecular weight is 212 g/mol. The molecular weight excluding hydrogens is 206 g/mol. The van der Waals surface area contributed by atoms with E-state index in [0.29, 0.717) is 0 Å². The summed E-state index contributed by atoms with van der Waals surface area (Å²) in [5, 5.41) is 8.28. The van der Waals surface area contributed by atoms with Crippen LogP contribution in [0.1, 0.15) is 6.42 Å². The number of carboxylic acid groups (broad SMARTS) is 1. The first-order valence-corrected chi connectivity index (χ1v) is 5.54. The molecule has 0 aromatic carbocycles. The first-order valence-electron chi connectivity index (χ1n) is 2.93. The van der Waals surface area contributed by atoms with Crippen molar-refractivity contribution < 1.29 is 28.2 Å². The summed E-state index contributed by atoms with van der Waals surface area (Å²) in [6, 6.07) is 0. The molecule has 0 fully saturated rings. The van der Waals surface area contributed by atoms with Crippen molar-refractivity contribution in [2.75, 3.05) is 6.16 Å². The highest BCUT2D eigenvalue weighted by Gasteiger charge is 2.23. The van der Waals surface area contributed by atoms with E-state index in [-0.39, 0.29) is 6.42 Å². The Hall–Kier alpha value is -0.730. The summed E-state index contributed by atoms with van der Waals surface area (Å²) < 4.78 is 40.4. The molecule has 1 unspecified atom stereocenters. The van der Waals surface area contributed by atoms with E-state index in [0.717, 1.165) is 0 Å². The van der Waals surface area contributed by atoms with Crippen LogP contribution in [0, 0.1) is 0 Å². The lowest BCUT2D eigenvalue weighted by atomic mass is 10.3. The molecule has 0 heterocycles. The highest BCUT2D eigenvalue weighted by Crippen LogP contribution is 2.21. The van der Waals surface area contributed by atoms with Crippen LogP contribution in [0.2, 0.25) is 0 Å². The van der Waals surface area contributed by atoms with E-state index < -0.39 is 33.2 Å². The Morgan fingerprint density at radius 1 is 1.25 bits per heavy atom. The maximum atomic E-state index is 10.2. The summed E-state index contributed by atoms with van der Waals surface area (Å²) in [4.78, 5) is 10.2. The summed E-state index contributed by atoms with van der Waals surface area (Å²) >= 11 is 0. The van der Waals surface area contributed by atoms with Crippen molar-refractivity contribution >= 4 is 21.3 Å². The summed E-state index contributed by atoms with van der Waals surface area (Å²) in [6.07, 6.45) is -0.803. The van der Waals surface area contributed by atoms with Crippen LogP contribution < -0.4 is 0 Å². The summed E-state index contributed by atoms with van der Waals surface area (Å²) in [6.45, 7) is 0. The molecule has 1 atom stereocenters. The SMILES string of the molecule is O=C(O)C(CCP(=O)=O)P(=O)=O. The molecule has 0 bridgehead atoms. The number of aliphatic carboxylic acids is 1. The molecule has 68 valence electrons. The topological polar surface area (TPSA) is 106 Å². The zero-order valence-corrected chi connectivity index (χ0v) is 7.66. The fourth-order valence-electron chi connectivity index (χ4n) is 0.547. The minimum atomic E-state index is -3.10. The van der Waals surface area contributed by atoms with Gasteiger partial charge in [-0.15, -0.1) is 0 Å². The first kappa shape index (κ1) is 11.3. The quantitative estimate of drug-likeness (QED) is 0.685. The van der Waals surface area contributed by atoms with Crippen LogP contribution in [-0.2, 0) is 23.1 Å². The summed E-state index contributed by atoms with van der Waals surface area (Å²) in [5.41, 5.74) is -1.59. The molecule has 8 heteroatoms. The second-order valence-electron chi connectivity index (χ2n) is 1.98. The van der Waals surface area contributed by atoms with Gasteiger partial charge in [-0.1, -0.05) is 0 Å². The molecule has 0 aliphatic heterocycles. The Morgan fingerprint density at radius 2 is 1.75 bits per heavy atom. The fourth-order valence-corrected chi connectivity index (χ4v) is 1.74. The average Bonchev–Trinajstić information content (AvgIpc) is 1.84. The molecule has 0 amide bonds. The standard InChI is InChI=1S/C4H6O6P2/c5-4(6)3(12(9)10)1-2-11(7)8/h3H,1-2H2,(H,5,6). The molecule has 12 heavy (non-hydrogen) atoms. The Labute approximate surface area is 68.6 Å². The lowest BCUT2D eigenvalue weighted by molar-refractivity contribution is -0.136. The molecule has 0 aliphatic carbocycles. The second-order valence-corrected chi connectivity index (χ2v) is 4.29. The van der Waals surface area contributed by atoms with Gasteiger partial charge in [0, 0.05) is 0 Å². The molecule has 0 saturated carbocycles. The third-order valence-electron chi connectivity index (χ3n) is 1.12. The van der Waals surface area contributed by atoms with Crippen molar-refractivity contribution in [1.82, 2.24) is 0 Å². The Bertz CT molecular complexity index is 285. The van der Waals surface area contributed by atoms with E-state index in [1.165, 1.54) is 0 Å². The number of hydrogen-bond donors (Lipinski definition) is 1. The summed E-state index contributed by atoms with van der Waals surface area (Å²) in [5.74, 6) is -1.51. The van der Waals surface area contributed by atoms with Gasteiger partial charge in [0.2, 0.25) is 0 Å². The lowest BCUT2D eigenvalue weighted by Gasteiger charge is -1.96. The van der Waals surface area contributed by atoms with Crippen LogP contribution in [0.15, 0.2) is 0 Å². The molecule has 0 aliphatic rings. The number of carbonyl (C=O) groups is 1. The van der Waals surface area contributed by atoms with Gasteiger partial charge in [0.25, 0.3) is 0 Å². The maximum Gasteiger partial charge on any atom is 0.330 e. The normalized spacial score (nSPS) is 12.0. The number of rotatable bonds is 5. The van der Waals surface area contributed by atoms with Crippen LogP contribution in [0.25, 0.3) is 0 Å². The van der Waals surface area contributed by atoms with Gasteiger partial charge in [-0.2, -0.15) is 0 Å².